The first-order valence-corrected chi connectivity index (χ1v) is 6.10. The van der Waals surface area contributed by atoms with Gasteiger partial charge in [-0.25, -0.2) is 0 Å². The molecule has 4 nitrogen and oxygen atoms in total. The largest absolute Gasteiger partial charge is 0.497 e. The number of benzene rings is 1. The highest BCUT2D eigenvalue weighted by Gasteiger charge is 2.42. The predicted octanol–water partition coefficient (Wildman–Crippen LogP) is 2.04. The lowest BCUT2D eigenvalue weighted by Gasteiger charge is -2.04. The molecule has 1 aromatic heterocycles. The van der Waals surface area contributed by atoms with Crippen LogP contribution >= 0.6 is 0 Å². The van der Waals surface area contributed by atoms with Crippen molar-refractivity contribution in [3.8, 4) is 17.0 Å². The van der Waals surface area contributed by atoms with E-state index >= 15 is 0 Å². The molecule has 0 radical (unpaired) electrons. The maximum Gasteiger partial charge on any atom is 0.119 e. The molecule has 0 atom stereocenters. The molecule has 1 fully saturated rings. The number of hydrogen-bond donors (Lipinski definition) is 1. The van der Waals surface area contributed by atoms with Crippen LogP contribution in [-0.2, 0) is 12.6 Å². The molecule has 1 heterocycles. The second-order valence-electron chi connectivity index (χ2n) is 4.93. The van der Waals surface area contributed by atoms with Gasteiger partial charge in [-0.1, -0.05) is 12.1 Å². The van der Waals surface area contributed by atoms with Gasteiger partial charge in [-0.15, -0.1) is 0 Å². The Bertz CT molecular complexity index is 584. The van der Waals surface area contributed by atoms with Gasteiger partial charge in [0, 0.05) is 12.6 Å². The second-order valence-corrected chi connectivity index (χ2v) is 4.93. The maximum absolute atomic E-state index is 6.18. The fourth-order valence-electron chi connectivity index (χ4n) is 2.15. The topological polar surface area (TPSA) is 53.1 Å². The van der Waals surface area contributed by atoms with Crippen molar-refractivity contribution in [3.05, 3.63) is 36.0 Å². The van der Waals surface area contributed by atoms with Gasteiger partial charge in [0.05, 0.1) is 24.0 Å². The van der Waals surface area contributed by atoms with Gasteiger partial charge in [0.25, 0.3) is 0 Å². The van der Waals surface area contributed by atoms with Crippen LogP contribution in [0.25, 0.3) is 11.3 Å². The number of rotatable bonds is 3. The summed E-state index contributed by atoms with van der Waals surface area (Å²) in [5, 5.41) is 4.53. The van der Waals surface area contributed by atoms with E-state index < -0.39 is 0 Å². The van der Waals surface area contributed by atoms with Crippen LogP contribution < -0.4 is 10.5 Å². The summed E-state index contributed by atoms with van der Waals surface area (Å²) < 4.78 is 7.13. The number of methoxy groups -OCH3 is 1. The first-order valence-electron chi connectivity index (χ1n) is 6.10. The maximum atomic E-state index is 6.18. The zero-order valence-corrected chi connectivity index (χ0v) is 10.7. The molecule has 94 valence electrons. The Morgan fingerprint density at radius 3 is 2.78 bits per heavy atom. The summed E-state index contributed by atoms with van der Waals surface area (Å²) >= 11 is 0. The minimum absolute atomic E-state index is 0.186. The Hall–Kier alpha value is -1.81. The van der Waals surface area contributed by atoms with Crippen molar-refractivity contribution in [1.82, 2.24) is 9.78 Å². The summed E-state index contributed by atoms with van der Waals surface area (Å²) in [7, 11) is 3.62. The SMILES string of the molecule is COc1cccc(-c2cc(C3(N)CC3)nn2C)c1. The number of hydrogen-bond acceptors (Lipinski definition) is 3. The van der Waals surface area contributed by atoms with Crippen molar-refractivity contribution in [2.75, 3.05) is 7.11 Å². The third kappa shape index (κ3) is 1.78. The van der Waals surface area contributed by atoms with Crippen LogP contribution in [0.5, 0.6) is 5.75 Å². The van der Waals surface area contributed by atoms with Gasteiger partial charge in [0.2, 0.25) is 0 Å². The smallest absolute Gasteiger partial charge is 0.119 e. The molecule has 4 heteroatoms. The quantitative estimate of drug-likeness (QED) is 0.897. The minimum Gasteiger partial charge on any atom is -0.497 e. The molecule has 3 rings (SSSR count). The van der Waals surface area contributed by atoms with Gasteiger partial charge in [0.1, 0.15) is 5.75 Å². The van der Waals surface area contributed by atoms with E-state index in [2.05, 4.69) is 17.2 Å². The van der Waals surface area contributed by atoms with E-state index in [1.165, 1.54) is 0 Å². The van der Waals surface area contributed by atoms with Crippen LogP contribution in [0.4, 0.5) is 0 Å². The predicted molar refractivity (Wildman–Crippen MR) is 70.3 cm³/mol. The molecule has 1 aliphatic carbocycles. The summed E-state index contributed by atoms with van der Waals surface area (Å²) in [6, 6.07) is 10.1. The Kier molecular flexibility index (Phi) is 2.41. The van der Waals surface area contributed by atoms with E-state index in [4.69, 9.17) is 10.5 Å². The molecule has 0 unspecified atom stereocenters. The normalized spacial score (nSPS) is 16.6. The van der Waals surface area contributed by atoms with Crippen molar-refractivity contribution in [1.29, 1.82) is 0 Å². The lowest BCUT2D eigenvalue weighted by Crippen LogP contribution is -2.19. The molecule has 0 spiro atoms. The zero-order chi connectivity index (χ0) is 12.8. The van der Waals surface area contributed by atoms with E-state index in [0.717, 1.165) is 35.5 Å². The Labute approximate surface area is 106 Å². The van der Waals surface area contributed by atoms with Crippen molar-refractivity contribution in [3.63, 3.8) is 0 Å². The fourth-order valence-corrected chi connectivity index (χ4v) is 2.15. The lowest BCUT2D eigenvalue weighted by molar-refractivity contribution is 0.415. The molecule has 0 saturated heterocycles. The summed E-state index contributed by atoms with van der Waals surface area (Å²) in [6.07, 6.45) is 2.06. The van der Waals surface area contributed by atoms with Gasteiger partial charge >= 0.3 is 0 Å². The standard InChI is InChI=1S/C14H17N3O/c1-17-12(9-13(16-17)14(15)6-7-14)10-4-3-5-11(8-10)18-2/h3-5,8-9H,6-7,15H2,1-2H3. The molecule has 0 bridgehead atoms. The number of ether oxygens (including phenoxy) is 1. The van der Waals surface area contributed by atoms with E-state index in [0.29, 0.717) is 0 Å². The van der Waals surface area contributed by atoms with Gasteiger partial charge < -0.3 is 10.5 Å². The third-order valence-corrected chi connectivity index (χ3v) is 3.54. The lowest BCUT2D eigenvalue weighted by atomic mass is 10.1. The Morgan fingerprint density at radius 1 is 1.33 bits per heavy atom. The molecular formula is C14H17N3O. The third-order valence-electron chi connectivity index (χ3n) is 3.54. The summed E-state index contributed by atoms with van der Waals surface area (Å²) in [5.41, 5.74) is 9.15. The minimum atomic E-state index is -0.186. The summed E-state index contributed by atoms with van der Waals surface area (Å²) in [4.78, 5) is 0. The highest BCUT2D eigenvalue weighted by Crippen LogP contribution is 2.42. The van der Waals surface area contributed by atoms with Crippen LogP contribution in [0.1, 0.15) is 18.5 Å². The van der Waals surface area contributed by atoms with E-state index in [1.54, 1.807) is 7.11 Å². The van der Waals surface area contributed by atoms with Crippen LogP contribution in [0.3, 0.4) is 0 Å². The van der Waals surface area contributed by atoms with Crippen LogP contribution in [0, 0.1) is 0 Å². The molecule has 2 aromatic rings. The van der Waals surface area contributed by atoms with Crippen molar-refractivity contribution in [2.24, 2.45) is 12.8 Å². The van der Waals surface area contributed by atoms with E-state index in [9.17, 15) is 0 Å². The molecular weight excluding hydrogens is 226 g/mol. The van der Waals surface area contributed by atoms with E-state index in [-0.39, 0.29) is 5.54 Å². The molecule has 0 amide bonds. The summed E-state index contributed by atoms with van der Waals surface area (Å²) in [5.74, 6) is 0.851. The monoisotopic (exact) mass is 243 g/mol. The van der Waals surface area contributed by atoms with Crippen LogP contribution in [-0.4, -0.2) is 16.9 Å². The highest BCUT2D eigenvalue weighted by molar-refractivity contribution is 5.62. The molecule has 1 aliphatic rings. The van der Waals surface area contributed by atoms with Crippen LogP contribution in [0.15, 0.2) is 30.3 Å². The first kappa shape index (κ1) is 11.3. The average molecular weight is 243 g/mol. The molecule has 1 saturated carbocycles. The molecule has 1 aromatic carbocycles. The van der Waals surface area contributed by atoms with Crippen molar-refractivity contribution in [2.45, 2.75) is 18.4 Å². The fraction of sp³-hybridized carbons (Fsp3) is 0.357. The Morgan fingerprint density at radius 2 is 2.11 bits per heavy atom. The van der Waals surface area contributed by atoms with Gasteiger partial charge in [0.15, 0.2) is 0 Å². The van der Waals surface area contributed by atoms with Gasteiger partial charge in [-0.2, -0.15) is 5.10 Å². The number of aromatic nitrogens is 2. The molecule has 0 aliphatic heterocycles. The average Bonchev–Trinajstić information content (AvgIpc) is 3.00. The first-order chi connectivity index (χ1) is 8.62. The van der Waals surface area contributed by atoms with Gasteiger partial charge in [-0.3, -0.25) is 4.68 Å². The number of nitrogens with zero attached hydrogens (tertiary/aromatic N) is 2. The van der Waals surface area contributed by atoms with Crippen molar-refractivity contribution < 1.29 is 4.74 Å². The summed E-state index contributed by atoms with van der Waals surface area (Å²) in [6.45, 7) is 0. The highest BCUT2D eigenvalue weighted by atomic mass is 16.5. The zero-order valence-electron chi connectivity index (χ0n) is 10.7. The molecule has 2 N–H and O–H groups in total. The van der Waals surface area contributed by atoms with Crippen molar-refractivity contribution >= 4 is 0 Å². The van der Waals surface area contributed by atoms with Gasteiger partial charge in [-0.05, 0) is 31.0 Å². The molecule has 18 heavy (non-hydrogen) atoms. The van der Waals surface area contributed by atoms with E-state index in [1.807, 2.05) is 29.9 Å². The van der Waals surface area contributed by atoms with Crippen LogP contribution in [0.2, 0.25) is 0 Å². The Balaban J connectivity index is 2.03. The number of nitrogens with two attached hydrogens (primary N) is 1. The number of aryl methyl sites for hydroxylation is 1. The second kappa shape index (κ2) is 3.85.